The Kier molecular flexibility index (Phi) is 4.44. The van der Waals surface area contributed by atoms with Gasteiger partial charge in [0.25, 0.3) is 0 Å². The summed E-state index contributed by atoms with van der Waals surface area (Å²) >= 11 is 0. The smallest absolute Gasteiger partial charge is 0.313 e. The molecular formula is C19H27N3O2. The van der Waals surface area contributed by atoms with Gasteiger partial charge in [0.2, 0.25) is 0 Å². The lowest BCUT2D eigenvalue weighted by atomic mass is 9.72. The Morgan fingerprint density at radius 3 is 2.79 bits per heavy atom. The number of carbonyl (C=O) groups is 1. The molecule has 0 radical (unpaired) electrons. The molecule has 3 heterocycles. The van der Waals surface area contributed by atoms with Crippen molar-refractivity contribution in [2.24, 2.45) is 12.5 Å². The van der Waals surface area contributed by atoms with E-state index in [0.717, 1.165) is 37.9 Å². The van der Waals surface area contributed by atoms with Crippen LogP contribution in [0.1, 0.15) is 56.5 Å². The summed E-state index contributed by atoms with van der Waals surface area (Å²) in [6.07, 6.45) is 3.96. The van der Waals surface area contributed by atoms with Crippen LogP contribution in [0.5, 0.6) is 0 Å². The summed E-state index contributed by atoms with van der Waals surface area (Å²) in [7, 11) is 1.94. The SMILES string of the molecule is CCOC(=O)[C@]1(CC)C[C@@H]2CC[C@H]1N2Cc1cc(C#N)n(C)c1C. The van der Waals surface area contributed by atoms with E-state index in [4.69, 9.17) is 4.74 Å². The van der Waals surface area contributed by atoms with Gasteiger partial charge in [0, 0.05) is 31.4 Å². The Balaban J connectivity index is 1.86. The molecule has 130 valence electrons. The maximum Gasteiger partial charge on any atom is 0.313 e. The van der Waals surface area contributed by atoms with Crippen LogP contribution in [0.4, 0.5) is 0 Å². The van der Waals surface area contributed by atoms with Crippen LogP contribution in [-0.2, 0) is 23.1 Å². The molecule has 2 aliphatic heterocycles. The third-order valence-corrected chi connectivity index (χ3v) is 6.30. The van der Waals surface area contributed by atoms with E-state index in [1.165, 1.54) is 5.56 Å². The highest BCUT2D eigenvalue weighted by Crippen LogP contribution is 2.53. The fourth-order valence-electron chi connectivity index (χ4n) is 4.79. The first kappa shape index (κ1) is 17.0. The van der Waals surface area contributed by atoms with Gasteiger partial charge in [-0.1, -0.05) is 6.92 Å². The third kappa shape index (κ3) is 2.36. The van der Waals surface area contributed by atoms with E-state index >= 15 is 0 Å². The number of esters is 1. The van der Waals surface area contributed by atoms with Crippen LogP contribution >= 0.6 is 0 Å². The highest BCUT2D eigenvalue weighted by Gasteiger charge is 2.59. The fraction of sp³-hybridized carbons (Fsp3) is 0.684. The van der Waals surface area contributed by atoms with Crippen LogP contribution in [0.3, 0.4) is 0 Å². The van der Waals surface area contributed by atoms with Crippen molar-refractivity contribution >= 4 is 5.97 Å². The van der Waals surface area contributed by atoms with Gasteiger partial charge in [0.15, 0.2) is 0 Å². The number of hydrogen-bond acceptors (Lipinski definition) is 4. The maximum atomic E-state index is 12.7. The third-order valence-electron chi connectivity index (χ3n) is 6.30. The molecule has 2 fully saturated rings. The Morgan fingerprint density at radius 1 is 1.46 bits per heavy atom. The summed E-state index contributed by atoms with van der Waals surface area (Å²) in [5.41, 5.74) is 2.68. The van der Waals surface area contributed by atoms with Crippen LogP contribution in [0.25, 0.3) is 0 Å². The summed E-state index contributed by atoms with van der Waals surface area (Å²) in [5.74, 6) is -0.0211. The van der Waals surface area contributed by atoms with Gasteiger partial charge in [-0.05, 0) is 51.2 Å². The molecule has 5 nitrogen and oxygen atoms in total. The number of carbonyl (C=O) groups excluding carboxylic acids is 1. The lowest BCUT2D eigenvalue weighted by Gasteiger charge is -2.34. The number of nitrogens with zero attached hydrogens (tertiary/aromatic N) is 3. The van der Waals surface area contributed by atoms with Crippen molar-refractivity contribution in [3.8, 4) is 6.07 Å². The molecule has 0 saturated carbocycles. The van der Waals surface area contributed by atoms with Crippen molar-refractivity contribution < 1.29 is 9.53 Å². The van der Waals surface area contributed by atoms with Crippen LogP contribution in [0.15, 0.2) is 6.07 Å². The van der Waals surface area contributed by atoms with Crippen LogP contribution < -0.4 is 0 Å². The Labute approximate surface area is 144 Å². The number of fused-ring (bicyclic) bond motifs is 2. The largest absolute Gasteiger partial charge is 0.466 e. The zero-order chi connectivity index (χ0) is 17.5. The van der Waals surface area contributed by atoms with Gasteiger partial charge >= 0.3 is 5.97 Å². The van der Waals surface area contributed by atoms with E-state index in [0.29, 0.717) is 18.3 Å². The molecule has 3 atom stereocenters. The van der Waals surface area contributed by atoms with Gasteiger partial charge in [-0.25, -0.2) is 0 Å². The number of aromatic nitrogens is 1. The van der Waals surface area contributed by atoms with Crippen molar-refractivity contribution in [3.05, 3.63) is 23.0 Å². The molecule has 1 aromatic rings. The monoisotopic (exact) mass is 329 g/mol. The second-order valence-corrected chi connectivity index (χ2v) is 7.16. The molecule has 0 aromatic carbocycles. The van der Waals surface area contributed by atoms with Crippen LogP contribution in [0.2, 0.25) is 0 Å². The second-order valence-electron chi connectivity index (χ2n) is 7.16. The van der Waals surface area contributed by atoms with Crippen molar-refractivity contribution in [2.45, 2.75) is 65.1 Å². The molecule has 24 heavy (non-hydrogen) atoms. The quantitative estimate of drug-likeness (QED) is 0.779. The molecule has 2 bridgehead atoms. The summed E-state index contributed by atoms with van der Waals surface area (Å²) in [5, 5.41) is 9.24. The number of hydrogen-bond donors (Lipinski definition) is 0. The molecule has 2 saturated heterocycles. The second kappa shape index (κ2) is 6.25. The first-order valence-corrected chi connectivity index (χ1v) is 8.96. The van der Waals surface area contributed by atoms with E-state index in [1.54, 1.807) is 0 Å². The van der Waals surface area contributed by atoms with Crippen LogP contribution in [0, 0.1) is 23.7 Å². The van der Waals surface area contributed by atoms with Gasteiger partial charge in [0.05, 0.1) is 12.0 Å². The van der Waals surface area contributed by atoms with Crippen molar-refractivity contribution in [1.82, 2.24) is 9.47 Å². The molecule has 0 spiro atoms. The molecule has 0 unspecified atom stereocenters. The molecule has 3 rings (SSSR count). The molecule has 1 aromatic heterocycles. The Bertz CT molecular complexity index is 688. The molecule has 0 N–H and O–H groups in total. The molecule has 0 aliphatic carbocycles. The zero-order valence-electron chi connectivity index (χ0n) is 15.1. The van der Waals surface area contributed by atoms with Crippen molar-refractivity contribution in [3.63, 3.8) is 0 Å². The topological polar surface area (TPSA) is 58.3 Å². The number of ether oxygens (including phenoxy) is 1. The predicted molar refractivity (Wildman–Crippen MR) is 91.2 cm³/mol. The first-order chi connectivity index (χ1) is 11.5. The Hall–Kier alpha value is -1.80. The fourth-order valence-corrected chi connectivity index (χ4v) is 4.79. The molecule has 2 aliphatic rings. The summed E-state index contributed by atoms with van der Waals surface area (Å²) in [4.78, 5) is 15.2. The Morgan fingerprint density at radius 2 is 2.21 bits per heavy atom. The van der Waals surface area contributed by atoms with Gasteiger partial charge < -0.3 is 9.30 Å². The minimum atomic E-state index is -0.348. The van der Waals surface area contributed by atoms with Gasteiger partial charge in [-0.2, -0.15) is 5.26 Å². The molecule has 0 amide bonds. The highest BCUT2D eigenvalue weighted by atomic mass is 16.5. The molecular weight excluding hydrogens is 302 g/mol. The lowest BCUT2D eigenvalue weighted by Crippen LogP contribution is -2.44. The number of nitriles is 1. The highest BCUT2D eigenvalue weighted by molar-refractivity contribution is 5.78. The summed E-state index contributed by atoms with van der Waals surface area (Å²) in [6, 6.07) is 4.95. The molecule has 5 heteroatoms. The maximum absolute atomic E-state index is 12.7. The van der Waals surface area contributed by atoms with E-state index in [9.17, 15) is 10.1 Å². The number of rotatable bonds is 5. The zero-order valence-corrected chi connectivity index (χ0v) is 15.1. The minimum Gasteiger partial charge on any atom is -0.466 e. The van der Waals surface area contributed by atoms with E-state index in [-0.39, 0.29) is 17.4 Å². The standard InChI is InChI=1S/C19H27N3O2/c1-5-19(18(23)24-6-2)10-15-7-8-17(19)22(15)12-14-9-16(11-20)21(4)13(14)3/h9,15,17H,5-8,10,12H2,1-4H3/t15-,17+,19+/m0/s1. The van der Waals surface area contributed by atoms with E-state index < -0.39 is 0 Å². The lowest BCUT2D eigenvalue weighted by molar-refractivity contribution is -0.157. The van der Waals surface area contributed by atoms with Crippen LogP contribution in [-0.4, -0.2) is 34.1 Å². The van der Waals surface area contributed by atoms with Gasteiger partial charge in [-0.3, -0.25) is 9.69 Å². The summed E-state index contributed by atoms with van der Waals surface area (Å²) < 4.78 is 7.37. The average molecular weight is 329 g/mol. The minimum absolute atomic E-state index is 0.0211. The summed E-state index contributed by atoms with van der Waals surface area (Å²) in [6.45, 7) is 7.31. The van der Waals surface area contributed by atoms with E-state index in [1.807, 2.05) is 24.6 Å². The predicted octanol–water partition coefficient (Wildman–Crippen LogP) is 2.90. The van der Waals surface area contributed by atoms with Crippen molar-refractivity contribution in [1.29, 1.82) is 5.26 Å². The average Bonchev–Trinajstić information content (AvgIpc) is 3.20. The normalized spacial score (nSPS) is 29.0. The van der Waals surface area contributed by atoms with Gasteiger partial charge in [-0.15, -0.1) is 0 Å². The van der Waals surface area contributed by atoms with E-state index in [2.05, 4.69) is 24.8 Å². The van der Waals surface area contributed by atoms with Crippen molar-refractivity contribution in [2.75, 3.05) is 6.61 Å². The first-order valence-electron chi connectivity index (χ1n) is 8.96. The van der Waals surface area contributed by atoms with Gasteiger partial charge in [0.1, 0.15) is 11.8 Å².